The third-order valence-corrected chi connectivity index (χ3v) is 4.78. The van der Waals surface area contributed by atoms with E-state index in [0.717, 1.165) is 16.7 Å². The van der Waals surface area contributed by atoms with Crippen molar-refractivity contribution in [2.24, 2.45) is 0 Å². The minimum Gasteiger partial charge on any atom is -0.493 e. The van der Waals surface area contributed by atoms with Gasteiger partial charge in [0.15, 0.2) is 11.5 Å². The largest absolute Gasteiger partial charge is 0.493 e. The molecule has 0 aliphatic carbocycles. The molecule has 0 spiro atoms. The summed E-state index contributed by atoms with van der Waals surface area (Å²) in [5.74, 6) is 2.24. The summed E-state index contributed by atoms with van der Waals surface area (Å²) < 4.78 is 32.1. The lowest BCUT2D eigenvalue weighted by molar-refractivity contribution is 0.283. The number of ether oxygens (including phenoxy) is 3. The van der Waals surface area contributed by atoms with Gasteiger partial charge in [-0.15, -0.1) is 0 Å². The minimum absolute atomic E-state index is 0.290. The lowest BCUT2D eigenvalue weighted by atomic mass is 10.1. The Morgan fingerprint density at radius 3 is 2.52 bits per heavy atom. The number of benzene rings is 2. The van der Waals surface area contributed by atoms with Crippen LogP contribution in [0.1, 0.15) is 11.1 Å². The molecule has 0 bridgehead atoms. The van der Waals surface area contributed by atoms with E-state index in [2.05, 4.69) is 9.97 Å². The molecule has 0 amide bonds. The molecule has 0 aliphatic heterocycles. The van der Waals surface area contributed by atoms with E-state index < -0.39 is 0 Å². The first-order chi connectivity index (χ1) is 15.2. The molecule has 31 heavy (non-hydrogen) atoms. The van der Waals surface area contributed by atoms with E-state index in [9.17, 15) is 4.39 Å². The molecule has 7 heteroatoms. The third-order valence-electron chi connectivity index (χ3n) is 4.78. The average Bonchev–Trinajstić information content (AvgIpc) is 3.26. The Balaban J connectivity index is 1.49. The Bertz CT molecular complexity index is 1160. The molecule has 0 fully saturated rings. The number of aromatic nitrogens is 3. The Labute approximate surface area is 179 Å². The van der Waals surface area contributed by atoms with Gasteiger partial charge in [0.2, 0.25) is 5.88 Å². The van der Waals surface area contributed by atoms with Crippen LogP contribution in [-0.2, 0) is 13.2 Å². The first-order valence-corrected chi connectivity index (χ1v) is 9.72. The van der Waals surface area contributed by atoms with Crippen molar-refractivity contribution in [3.05, 3.63) is 90.1 Å². The van der Waals surface area contributed by atoms with Crippen LogP contribution in [0.3, 0.4) is 0 Å². The van der Waals surface area contributed by atoms with Gasteiger partial charge in [0.1, 0.15) is 18.2 Å². The molecule has 0 atom stereocenters. The highest BCUT2D eigenvalue weighted by Crippen LogP contribution is 2.30. The molecule has 158 valence electrons. The SMILES string of the molecule is COc1ccc(COc2ccc(Cn3ccnc3-c3cccc(F)c3)cc2OC)cn1. The molecule has 4 rings (SSSR count). The van der Waals surface area contributed by atoms with Gasteiger partial charge in [0.05, 0.1) is 14.2 Å². The van der Waals surface area contributed by atoms with Gasteiger partial charge in [0, 0.05) is 42.3 Å². The summed E-state index contributed by atoms with van der Waals surface area (Å²) in [6.45, 7) is 0.919. The standard InChI is InChI=1S/C24H22FN3O3/c1-29-22-12-17(6-8-21(22)31-16-18-7-9-23(30-2)27-14-18)15-28-11-10-26-24(28)19-4-3-5-20(25)13-19/h3-14H,15-16H2,1-2H3. The van der Waals surface area contributed by atoms with Gasteiger partial charge in [-0.05, 0) is 35.9 Å². The highest BCUT2D eigenvalue weighted by atomic mass is 19.1. The van der Waals surface area contributed by atoms with E-state index >= 15 is 0 Å². The van der Waals surface area contributed by atoms with Crippen LogP contribution in [0.5, 0.6) is 17.4 Å². The maximum atomic E-state index is 13.6. The summed E-state index contributed by atoms with van der Waals surface area (Å²) in [6.07, 6.45) is 5.29. The fraction of sp³-hybridized carbons (Fsp3) is 0.167. The number of halogens is 1. The van der Waals surface area contributed by atoms with E-state index in [-0.39, 0.29) is 5.82 Å². The maximum Gasteiger partial charge on any atom is 0.212 e. The summed E-state index contributed by atoms with van der Waals surface area (Å²) in [5, 5.41) is 0. The normalized spacial score (nSPS) is 10.7. The van der Waals surface area contributed by atoms with Crippen LogP contribution in [0.4, 0.5) is 4.39 Å². The molecule has 0 N–H and O–H groups in total. The average molecular weight is 419 g/mol. The Morgan fingerprint density at radius 1 is 0.903 bits per heavy atom. The van der Waals surface area contributed by atoms with Crippen molar-refractivity contribution in [1.29, 1.82) is 0 Å². The van der Waals surface area contributed by atoms with Crippen LogP contribution in [0.15, 0.2) is 73.2 Å². The molecular formula is C24H22FN3O3. The van der Waals surface area contributed by atoms with Gasteiger partial charge in [0.25, 0.3) is 0 Å². The van der Waals surface area contributed by atoms with Crippen molar-refractivity contribution in [2.75, 3.05) is 14.2 Å². The smallest absolute Gasteiger partial charge is 0.212 e. The van der Waals surface area contributed by atoms with Gasteiger partial charge in [-0.1, -0.05) is 18.2 Å². The quantitative estimate of drug-likeness (QED) is 0.413. The van der Waals surface area contributed by atoms with E-state index in [1.807, 2.05) is 41.1 Å². The second-order valence-corrected chi connectivity index (χ2v) is 6.87. The molecule has 0 radical (unpaired) electrons. The number of hydrogen-bond acceptors (Lipinski definition) is 5. The van der Waals surface area contributed by atoms with E-state index in [1.54, 1.807) is 38.7 Å². The van der Waals surface area contributed by atoms with E-state index in [0.29, 0.717) is 36.4 Å². The maximum absolute atomic E-state index is 13.6. The molecule has 0 saturated heterocycles. The summed E-state index contributed by atoms with van der Waals surface area (Å²) in [4.78, 5) is 8.57. The first-order valence-electron chi connectivity index (χ1n) is 9.72. The van der Waals surface area contributed by atoms with Crippen molar-refractivity contribution in [1.82, 2.24) is 14.5 Å². The molecule has 4 aromatic rings. The fourth-order valence-electron chi connectivity index (χ4n) is 3.23. The van der Waals surface area contributed by atoms with Gasteiger partial charge < -0.3 is 18.8 Å². The molecule has 2 aromatic heterocycles. The van der Waals surface area contributed by atoms with E-state index in [1.165, 1.54) is 12.1 Å². The summed E-state index contributed by atoms with van der Waals surface area (Å²) in [6, 6.07) is 15.9. The van der Waals surface area contributed by atoms with Crippen LogP contribution in [-0.4, -0.2) is 28.8 Å². The highest BCUT2D eigenvalue weighted by Gasteiger charge is 2.11. The molecule has 0 unspecified atom stereocenters. The predicted molar refractivity (Wildman–Crippen MR) is 115 cm³/mol. The molecule has 2 heterocycles. The number of rotatable bonds is 8. The second-order valence-electron chi connectivity index (χ2n) is 6.87. The van der Waals surface area contributed by atoms with Crippen LogP contribution < -0.4 is 14.2 Å². The summed E-state index contributed by atoms with van der Waals surface area (Å²) in [5.41, 5.74) is 2.65. The predicted octanol–water partition coefficient (Wildman–Crippen LogP) is 4.73. The lowest BCUT2D eigenvalue weighted by Gasteiger charge is -2.14. The van der Waals surface area contributed by atoms with Crippen molar-refractivity contribution >= 4 is 0 Å². The monoisotopic (exact) mass is 419 g/mol. The van der Waals surface area contributed by atoms with Crippen LogP contribution >= 0.6 is 0 Å². The molecule has 2 aromatic carbocycles. The third kappa shape index (κ3) is 4.83. The summed E-state index contributed by atoms with van der Waals surface area (Å²) >= 11 is 0. The van der Waals surface area contributed by atoms with Crippen molar-refractivity contribution in [2.45, 2.75) is 13.2 Å². The van der Waals surface area contributed by atoms with Crippen LogP contribution in [0.2, 0.25) is 0 Å². The number of nitrogens with zero attached hydrogens (tertiary/aromatic N) is 3. The van der Waals surface area contributed by atoms with Crippen molar-refractivity contribution in [3.63, 3.8) is 0 Å². The molecular weight excluding hydrogens is 397 g/mol. The topological polar surface area (TPSA) is 58.4 Å². The van der Waals surface area contributed by atoms with Gasteiger partial charge in [-0.2, -0.15) is 0 Å². The number of imidazole rings is 1. The molecule has 6 nitrogen and oxygen atoms in total. The first kappa shape index (κ1) is 20.4. The van der Waals surface area contributed by atoms with Gasteiger partial charge >= 0.3 is 0 Å². The van der Waals surface area contributed by atoms with Gasteiger partial charge in [-0.3, -0.25) is 0 Å². The van der Waals surface area contributed by atoms with Crippen LogP contribution in [0, 0.1) is 5.82 Å². The Morgan fingerprint density at radius 2 is 1.77 bits per heavy atom. The Hall–Kier alpha value is -3.87. The highest BCUT2D eigenvalue weighted by molar-refractivity contribution is 5.55. The number of pyridine rings is 1. The number of hydrogen-bond donors (Lipinski definition) is 0. The van der Waals surface area contributed by atoms with Crippen molar-refractivity contribution in [3.8, 4) is 28.8 Å². The molecule has 0 aliphatic rings. The second kappa shape index (κ2) is 9.30. The summed E-state index contributed by atoms with van der Waals surface area (Å²) in [7, 11) is 3.19. The van der Waals surface area contributed by atoms with E-state index in [4.69, 9.17) is 14.2 Å². The van der Waals surface area contributed by atoms with Gasteiger partial charge in [-0.25, -0.2) is 14.4 Å². The lowest BCUT2D eigenvalue weighted by Crippen LogP contribution is -2.03. The molecule has 0 saturated carbocycles. The number of methoxy groups -OCH3 is 2. The van der Waals surface area contributed by atoms with Crippen LogP contribution in [0.25, 0.3) is 11.4 Å². The zero-order valence-corrected chi connectivity index (χ0v) is 17.3. The van der Waals surface area contributed by atoms with Crippen molar-refractivity contribution < 1.29 is 18.6 Å². The zero-order valence-electron chi connectivity index (χ0n) is 17.3. The fourth-order valence-corrected chi connectivity index (χ4v) is 3.23. The minimum atomic E-state index is -0.290. The zero-order chi connectivity index (χ0) is 21.6. The Kier molecular flexibility index (Phi) is 6.12.